The SMILES string of the molecule is NCCc1cc(Cl)cc(-c2ccccc2C(F)(F)F)c1. The molecule has 0 saturated heterocycles. The Morgan fingerprint density at radius 3 is 2.40 bits per heavy atom. The van der Waals surface area contributed by atoms with E-state index in [-0.39, 0.29) is 5.56 Å². The molecule has 0 fully saturated rings. The van der Waals surface area contributed by atoms with Gasteiger partial charge in [0, 0.05) is 5.02 Å². The fraction of sp³-hybridized carbons (Fsp3) is 0.200. The molecule has 5 heteroatoms. The average Bonchev–Trinajstić information content (AvgIpc) is 2.37. The Morgan fingerprint density at radius 2 is 1.75 bits per heavy atom. The van der Waals surface area contributed by atoms with Crippen molar-refractivity contribution in [3.63, 3.8) is 0 Å². The van der Waals surface area contributed by atoms with Crippen LogP contribution >= 0.6 is 11.6 Å². The van der Waals surface area contributed by atoms with E-state index in [2.05, 4.69) is 0 Å². The molecule has 0 aliphatic rings. The zero-order chi connectivity index (χ0) is 14.8. The maximum absolute atomic E-state index is 13.0. The molecular formula is C15H13ClF3N. The fourth-order valence-corrected chi connectivity index (χ4v) is 2.36. The maximum Gasteiger partial charge on any atom is 0.417 e. The lowest BCUT2D eigenvalue weighted by Gasteiger charge is -2.14. The number of alkyl halides is 3. The highest BCUT2D eigenvalue weighted by atomic mass is 35.5. The first-order valence-electron chi connectivity index (χ1n) is 6.08. The first-order valence-corrected chi connectivity index (χ1v) is 6.46. The van der Waals surface area contributed by atoms with Gasteiger partial charge < -0.3 is 5.73 Å². The molecule has 2 aromatic carbocycles. The molecule has 2 N–H and O–H groups in total. The molecule has 2 aromatic rings. The number of hydrogen-bond acceptors (Lipinski definition) is 1. The van der Waals surface area contributed by atoms with Crippen molar-refractivity contribution < 1.29 is 13.2 Å². The molecule has 0 aliphatic carbocycles. The van der Waals surface area contributed by atoms with Crippen molar-refractivity contribution in [2.75, 3.05) is 6.54 Å². The summed E-state index contributed by atoms with van der Waals surface area (Å²) in [6.45, 7) is 0.417. The molecule has 0 radical (unpaired) electrons. The van der Waals surface area contributed by atoms with Crippen molar-refractivity contribution in [2.45, 2.75) is 12.6 Å². The van der Waals surface area contributed by atoms with E-state index in [0.29, 0.717) is 23.6 Å². The van der Waals surface area contributed by atoms with Crippen molar-refractivity contribution in [1.82, 2.24) is 0 Å². The van der Waals surface area contributed by atoms with E-state index >= 15 is 0 Å². The standard InChI is InChI=1S/C15H13ClF3N/c16-12-8-10(5-6-20)7-11(9-12)13-3-1-2-4-14(13)15(17,18)19/h1-4,7-9H,5-6,20H2. The highest BCUT2D eigenvalue weighted by Gasteiger charge is 2.33. The first kappa shape index (κ1) is 14.9. The van der Waals surface area contributed by atoms with Crippen molar-refractivity contribution in [3.8, 4) is 11.1 Å². The van der Waals surface area contributed by atoms with Crippen LogP contribution in [0.15, 0.2) is 42.5 Å². The zero-order valence-electron chi connectivity index (χ0n) is 10.5. The quantitative estimate of drug-likeness (QED) is 0.885. The van der Waals surface area contributed by atoms with Crippen LogP contribution in [0.3, 0.4) is 0 Å². The summed E-state index contributed by atoms with van der Waals surface area (Å²) in [5.41, 5.74) is 6.21. The third-order valence-corrected chi connectivity index (χ3v) is 3.15. The van der Waals surface area contributed by atoms with Crippen LogP contribution in [0.1, 0.15) is 11.1 Å². The van der Waals surface area contributed by atoms with Gasteiger partial charge in [-0.2, -0.15) is 13.2 Å². The number of halogens is 4. The van der Waals surface area contributed by atoms with E-state index in [0.717, 1.165) is 11.6 Å². The fourth-order valence-electron chi connectivity index (χ4n) is 2.10. The number of rotatable bonds is 3. The first-order chi connectivity index (χ1) is 9.41. The molecule has 0 atom stereocenters. The Kier molecular flexibility index (Phi) is 4.35. The van der Waals surface area contributed by atoms with Crippen molar-refractivity contribution in [3.05, 3.63) is 58.6 Å². The molecule has 20 heavy (non-hydrogen) atoms. The molecule has 1 nitrogen and oxygen atoms in total. The number of nitrogens with two attached hydrogens (primary N) is 1. The summed E-state index contributed by atoms with van der Waals surface area (Å²) in [6, 6.07) is 10.4. The molecule has 0 aromatic heterocycles. The van der Waals surface area contributed by atoms with Gasteiger partial charge in [-0.1, -0.05) is 35.9 Å². The second kappa shape index (κ2) is 5.85. The molecule has 0 bridgehead atoms. The lowest BCUT2D eigenvalue weighted by atomic mass is 9.97. The lowest BCUT2D eigenvalue weighted by molar-refractivity contribution is -0.137. The average molecular weight is 300 g/mol. The van der Waals surface area contributed by atoms with Crippen molar-refractivity contribution >= 4 is 11.6 Å². The highest BCUT2D eigenvalue weighted by molar-refractivity contribution is 6.31. The van der Waals surface area contributed by atoms with Gasteiger partial charge in [-0.25, -0.2) is 0 Å². The summed E-state index contributed by atoms with van der Waals surface area (Å²) in [5, 5.41) is 0.405. The van der Waals surface area contributed by atoms with Crippen LogP contribution in [0.2, 0.25) is 5.02 Å². The predicted molar refractivity (Wildman–Crippen MR) is 74.6 cm³/mol. The number of hydrogen-bond donors (Lipinski definition) is 1. The molecule has 0 heterocycles. The van der Waals surface area contributed by atoms with Crippen molar-refractivity contribution in [2.24, 2.45) is 5.73 Å². The van der Waals surface area contributed by atoms with Gasteiger partial charge in [0.15, 0.2) is 0 Å². The van der Waals surface area contributed by atoms with Crippen LogP contribution in [0, 0.1) is 0 Å². The summed E-state index contributed by atoms with van der Waals surface area (Å²) < 4.78 is 39.1. The molecule has 0 aliphatic heterocycles. The summed E-state index contributed by atoms with van der Waals surface area (Å²) in [6.07, 6.45) is -3.82. The summed E-state index contributed by atoms with van der Waals surface area (Å²) >= 11 is 5.98. The van der Waals surface area contributed by atoms with Gasteiger partial charge in [0.1, 0.15) is 0 Å². The molecule has 0 spiro atoms. The van der Waals surface area contributed by atoms with Crippen LogP contribution in [0.4, 0.5) is 13.2 Å². The van der Waals surface area contributed by atoms with E-state index in [1.807, 2.05) is 0 Å². The third kappa shape index (κ3) is 3.32. The Labute approximate surface area is 120 Å². The number of benzene rings is 2. The van der Waals surface area contributed by atoms with Gasteiger partial charge in [-0.15, -0.1) is 0 Å². The van der Waals surface area contributed by atoms with Gasteiger partial charge in [0.25, 0.3) is 0 Å². The lowest BCUT2D eigenvalue weighted by Crippen LogP contribution is -2.07. The normalized spacial score (nSPS) is 11.7. The Bertz CT molecular complexity index is 608. The minimum absolute atomic E-state index is 0.126. The van der Waals surface area contributed by atoms with E-state index in [1.165, 1.54) is 18.2 Å². The van der Waals surface area contributed by atoms with Crippen LogP contribution in [0.25, 0.3) is 11.1 Å². The van der Waals surface area contributed by atoms with Gasteiger partial charge >= 0.3 is 6.18 Å². The Morgan fingerprint density at radius 1 is 1.05 bits per heavy atom. The van der Waals surface area contributed by atoms with E-state index in [1.54, 1.807) is 18.2 Å². The maximum atomic E-state index is 13.0. The van der Waals surface area contributed by atoms with Crippen molar-refractivity contribution in [1.29, 1.82) is 0 Å². The minimum Gasteiger partial charge on any atom is -0.330 e. The van der Waals surface area contributed by atoms with Crippen LogP contribution in [-0.2, 0) is 12.6 Å². The second-order valence-corrected chi connectivity index (χ2v) is 4.87. The summed E-state index contributed by atoms with van der Waals surface area (Å²) in [5.74, 6) is 0. The predicted octanol–water partition coefficient (Wildman–Crippen LogP) is 4.53. The summed E-state index contributed by atoms with van der Waals surface area (Å²) in [7, 11) is 0. The molecule has 0 saturated carbocycles. The smallest absolute Gasteiger partial charge is 0.330 e. The molecule has 106 valence electrons. The Hall–Kier alpha value is -1.52. The van der Waals surface area contributed by atoms with Crippen LogP contribution < -0.4 is 5.73 Å². The largest absolute Gasteiger partial charge is 0.417 e. The monoisotopic (exact) mass is 299 g/mol. The highest BCUT2D eigenvalue weighted by Crippen LogP contribution is 2.37. The van der Waals surface area contributed by atoms with Gasteiger partial charge in [0.2, 0.25) is 0 Å². The molecule has 2 rings (SSSR count). The Balaban J connectivity index is 2.57. The van der Waals surface area contributed by atoms with Gasteiger partial charge in [-0.3, -0.25) is 0 Å². The van der Waals surface area contributed by atoms with Crippen LogP contribution in [0.5, 0.6) is 0 Å². The topological polar surface area (TPSA) is 26.0 Å². The minimum atomic E-state index is -4.40. The molecule has 0 amide bonds. The second-order valence-electron chi connectivity index (χ2n) is 4.43. The van der Waals surface area contributed by atoms with E-state index in [9.17, 15) is 13.2 Å². The van der Waals surface area contributed by atoms with Gasteiger partial charge in [-0.05, 0) is 47.9 Å². The van der Waals surface area contributed by atoms with E-state index < -0.39 is 11.7 Å². The van der Waals surface area contributed by atoms with Gasteiger partial charge in [0.05, 0.1) is 5.56 Å². The molecular weight excluding hydrogens is 287 g/mol. The van der Waals surface area contributed by atoms with E-state index in [4.69, 9.17) is 17.3 Å². The third-order valence-electron chi connectivity index (χ3n) is 2.93. The van der Waals surface area contributed by atoms with Crippen LogP contribution in [-0.4, -0.2) is 6.54 Å². The summed E-state index contributed by atoms with van der Waals surface area (Å²) in [4.78, 5) is 0. The zero-order valence-corrected chi connectivity index (χ0v) is 11.3. The molecule has 0 unspecified atom stereocenters.